The van der Waals surface area contributed by atoms with Gasteiger partial charge < -0.3 is 14.0 Å². The molecule has 1 fully saturated rings. The van der Waals surface area contributed by atoms with Gasteiger partial charge in [-0.2, -0.15) is 4.98 Å². The maximum Gasteiger partial charge on any atom is 0.274 e. The number of benzene rings is 1. The first-order valence-electron chi connectivity index (χ1n) is 9.16. The van der Waals surface area contributed by atoms with E-state index in [0.717, 1.165) is 30.6 Å². The van der Waals surface area contributed by atoms with Gasteiger partial charge in [-0.05, 0) is 50.5 Å². The van der Waals surface area contributed by atoms with Crippen LogP contribution in [0.2, 0.25) is 5.02 Å². The molecule has 0 aliphatic carbocycles. The van der Waals surface area contributed by atoms with E-state index in [9.17, 15) is 4.79 Å². The highest BCUT2D eigenvalue weighted by atomic mass is 35.5. The Morgan fingerprint density at radius 2 is 2.19 bits per heavy atom. The molecule has 0 unspecified atom stereocenters. The van der Waals surface area contributed by atoms with E-state index in [1.54, 1.807) is 12.1 Å². The number of carbonyl (C=O) groups excluding carboxylic acids is 1. The molecule has 1 aliphatic heterocycles. The molecule has 0 bridgehead atoms. The van der Waals surface area contributed by atoms with Crippen LogP contribution in [0.25, 0.3) is 23.0 Å². The number of likely N-dealkylation sites (tertiary alicyclic amines) is 1. The number of rotatable bonds is 4. The molecule has 6 nitrogen and oxygen atoms in total. The molecule has 0 radical (unpaired) electrons. The first kappa shape index (κ1) is 17.8. The molecule has 0 saturated carbocycles. The van der Waals surface area contributed by atoms with Crippen molar-refractivity contribution in [3.05, 3.63) is 47.6 Å². The summed E-state index contributed by atoms with van der Waals surface area (Å²) in [6.45, 7) is 3.21. The molecule has 0 spiro atoms. The highest BCUT2D eigenvalue weighted by Gasteiger charge is 2.24. The Hall–Kier alpha value is -2.60. The van der Waals surface area contributed by atoms with Crippen LogP contribution >= 0.6 is 11.6 Å². The lowest BCUT2D eigenvalue weighted by molar-refractivity contribution is -0.135. The van der Waals surface area contributed by atoms with Gasteiger partial charge in [0.2, 0.25) is 11.7 Å². The molecule has 2 aromatic heterocycles. The fourth-order valence-electron chi connectivity index (χ4n) is 3.52. The zero-order valence-corrected chi connectivity index (χ0v) is 15.9. The Bertz CT molecular complexity index is 949. The highest BCUT2D eigenvalue weighted by molar-refractivity contribution is 6.30. The van der Waals surface area contributed by atoms with E-state index in [4.69, 9.17) is 16.1 Å². The predicted molar refractivity (Wildman–Crippen MR) is 103 cm³/mol. The zero-order valence-electron chi connectivity index (χ0n) is 15.1. The third kappa shape index (κ3) is 3.76. The van der Waals surface area contributed by atoms with Gasteiger partial charge in [-0.3, -0.25) is 4.79 Å². The topological polar surface area (TPSA) is 64.2 Å². The molecule has 1 saturated heterocycles. The summed E-state index contributed by atoms with van der Waals surface area (Å²) in [5.74, 6) is 0.972. The summed E-state index contributed by atoms with van der Waals surface area (Å²) in [5.41, 5.74) is 1.52. The lowest BCUT2D eigenvalue weighted by Crippen LogP contribution is -2.43. The van der Waals surface area contributed by atoms with Crippen LogP contribution in [0.5, 0.6) is 0 Å². The van der Waals surface area contributed by atoms with Crippen molar-refractivity contribution >= 4 is 17.5 Å². The molecule has 1 aromatic carbocycles. The second-order valence-electron chi connectivity index (χ2n) is 6.89. The zero-order chi connectivity index (χ0) is 18.8. The summed E-state index contributed by atoms with van der Waals surface area (Å²) in [7, 11) is 0. The number of halogens is 1. The smallest absolute Gasteiger partial charge is 0.274 e. The number of nitrogens with zero attached hydrogens (tertiary/aromatic N) is 4. The standard InChI is InChI=1S/C20H21ClN4O2/c1-14-6-2-3-11-25(14)18(26)13-24-10-5-9-17(24)20-22-19(23-27-20)15-7-4-8-16(21)12-15/h4-5,7-10,12,14H,2-3,6,11,13H2,1H3/t14-/m0/s1. The van der Waals surface area contributed by atoms with Gasteiger partial charge in [-0.1, -0.05) is 28.9 Å². The molecule has 0 N–H and O–H groups in total. The summed E-state index contributed by atoms with van der Waals surface area (Å²) in [4.78, 5) is 19.2. The molecule has 27 heavy (non-hydrogen) atoms. The van der Waals surface area contributed by atoms with Crippen molar-refractivity contribution in [2.24, 2.45) is 0 Å². The van der Waals surface area contributed by atoms with Crippen LogP contribution in [-0.2, 0) is 11.3 Å². The maximum atomic E-state index is 12.7. The Morgan fingerprint density at radius 1 is 1.30 bits per heavy atom. The fourth-order valence-corrected chi connectivity index (χ4v) is 3.71. The maximum absolute atomic E-state index is 12.7. The summed E-state index contributed by atoms with van der Waals surface area (Å²) in [6.07, 6.45) is 5.19. The second kappa shape index (κ2) is 7.56. The van der Waals surface area contributed by atoms with Gasteiger partial charge in [-0.25, -0.2) is 0 Å². The molecule has 140 valence electrons. The van der Waals surface area contributed by atoms with E-state index < -0.39 is 0 Å². The van der Waals surface area contributed by atoms with Crippen molar-refractivity contribution < 1.29 is 9.32 Å². The Labute approximate surface area is 162 Å². The van der Waals surface area contributed by atoms with Gasteiger partial charge in [0.15, 0.2) is 0 Å². The molecule has 4 rings (SSSR count). The average molecular weight is 385 g/mol. The van der Waals surface area contributed by atoms with E-state index in [2.05, 4.69) is 17.1 Å². The van der Waals surface area contributed by atoms with Crippen LogP contribution in [-0.4, -0.2) is 38.1 Å². The summed E-state index contributed by atoms with van der Waals surface area (Å²) >= 11 is 6.04. The number of piperidine rings is 1. The molecule has 1 aliphatic rings. The largest absolute Gasteiger partial charge is 0.338 e. The van der Waals surface area contributed by atoms with Crippen LogP contribution in [0.4, 0.5) is 0 Å². The number of carbonyl (C=O) groups is 1. The molecule has 3 heterocycles. The van der Waals surface area contributed by atoms with Crippen LogP contribution in [0, 0.1) is 0 Å². The normalized spacial score (nSPS) is 17.3. The summed E-state index contributed by atoms with van der Waals surface area (Å²) in [5, 5.41) is 4.67. The number of aromatic nitrogens is 3. The van der Waals surface area contributed by atoms with Crippen molar-refractivity contribution in [3.63, 3.8) is 0 Å². The van der Waals surface area contributed by atoms with Crippen molar-refractivity contribution in [2.75, 3.05) is 6.54 Å². The molecule has 7 heteroatoms. The minimum atomic E-state index is 0.120. The monoisotopic (exact) mass is 384 g/mol. The van der Waals surface area contributed by atoms with Crippen molar-refractivity contribution in [1.29, 1.82) is 0 Å². The first-order valence-corrected chi connectivity index (χ1v) is 9.54. The number of hydrogen-bond donors (Lipinski definition) is 0. The third-order valence-corrected chi connectivity index (χ3v) is 5.22. The third-order valence-electron chi connectivity index (χ3n) is 4.99. The molecular formula is C20H21ClN4O2. The second-order valence-corrected chi connectivity index (χ2v) is 7.32. The summed E-state index contributed by atoms with van der Waals surface area (Å²) in [6, 6.07) is 11.4. The SMILES string of the molecule is C[C@H]1CCCCN1C(=O)Cn1cccc1-c1nc(-c2cccc(Cl)c2)no1. The molecule has 1 amide bonds. The van der Waals surface area contributed by atoms with Crippen LogP contribution < -0.4 is 0 Å². The van der Waals surface area contributed by atoms with E-state index in [1.807, 2.05) is 39.9 Å². The molecule has 1 atom stereocenters. The fraction of sp³-hybridized carbons (Fsp3) is 0.350. The van der Waals surface area contributed by atoms with Crippen molar-refractivity contribution in [3.8, 4) is 23.0 Å². The van der Waals surface area contributed by atoms with Crippen LogP contribution in [0.15, 0.2) is 47.1 Å². The molecular weight excluding hydrogens is 364 g/mol. The number of amides is 1. The van der Waals surface area contributed by atoms with E-state index in [0.29, 0.717) is 22.8 Å². The Morgan fingerprint density at radius 3 is 3.00 bits per heavy atom. The van der Waals surface area contributed by atoms with Crippen LogP contribution in [0.1, 0.15) is 26.2 Å². The van der Waals surface area contributed by atoms with Gasteiger partial charge in [0.1, 0.15) is 12.2 Å². The summed E-state index contributed by atoms with van der Waals surface area (Å²) < 4.78 is 7.30. The van der Waals surface area contributed by atoms with Crippen molar-refractivity contribution in [2.45, 2.75) is 38.8 Å². The van der Waals surface area contributed by atoms with Gasteiger partial charge in [0.25, 0.3) is 5.89 Å². The minimum Gasteiger partial charge on any atom is -0.338 e. The molecule has 3 aromatic rings. The average Bonchev–Trinajstić information content (AvgIpc) is 3.31. The van der Waals surface area contributed by atoms with Crippen molar-refractivity contribution in [1.82, 2.24) is 19.6 Å². The Balaban J connectivity index is 1.55. The predicted octanol–water partition coefficient (Wildman–Crippen LogP) is 4.26. The first-order chi connectivity index (χ1) is 13.1. The quantitative estimate of drug-likeness (QED) is 0.674. The van der Waals surface area contributed by atoms with E-state index >= 15 is 0 Å². The Kier molecular flexibility index (Phi) is 4.99. The van der Waals surface area contributed by atoms with Gasteiger partial charge in [0, 0.05) is 29.4 Å². The van der Waals surface area contributed by atoms with Gasteiger partial charge >= 0.3 is 0 Å². The lowest BCUT2D eigenvalue weighted by Gasteiger charge is -2.33. The van der Waals surface area contributed by atoms with E-state index in [-0.39, 0.29) is 12.5 Å². The highest BCUT2D eigenvalue weighted by Crippen LogP contribution is 2.25. The van der Waals surface area contributed by atoms with Gasteiger partial charge in [-0.15, -0.1) is 0 Å². The number of hydrogen-bond acceptors (Lipinski definition) is 4. The van der Waals surface area contributed by atoms with E-state index in [1.165, 1.54) is 6.42 Å². The van der Waals surface area contributed by atoms with Crippen LogP contribution in [0.3, 0.4) is 0 Å². The minimum absolute atomic E-state index is 0.120. The van der Waals surface area contributed by atoms with Gasteiger partial charge in [0.05, 0.1) is 0 Å². The lowest BCUT2D eigenvalue weighted by atomic mass is 10.0.